The van der Waals surface area contributed by atoms with Crippen LogP contribution in [0.3, 0.4) is 0 Å². The van der Waals surface area contributed by atoms with Gasteiger partial charge >= 0.3 is 0 Å². The molecule has 2 nitrogen and oxygen atoms in total. The third-order valence-electron chi connectivity index (χ3n) is 1.07. The summed E-state index contributed by atoms with van der Waals surface area (Å²) in [5.74, 6) is -0.276. The third kappa shape index (κ3) is 1.34. The Bertz CT molecular complexity index is 221. The predicted octanol–water partition coefficient (Wildman–Crippen LogP) is 1.47. The van der Waals surface area contributed by atoms with Crippen LogP contribution >= 0.6 is 0 Å². The Labute approximate surface area is 51.9 Å². The van der Waals surface area contributed by atoms with Gasteiger partial charge in [0.2, 0.25) is 0 Å². The van der Waals surface area contributed by atoms with Gasteiger partial charge in [-0.1, -0.05) is 0 Å². The molecule has 0 unspecified atom stereocenters. The van der Waals surface area contributed by atoms with Crippen LogP contribution in [0.2, 0.25) is 0 Å². The van der Waals surface area contributed by atoms with Gasteiger partial charge in [-0.15, -0.1) is 0 Å². The fraction of sp³-hybridized carbons (Fsp3) is 0.167. The molecule has 0 saturated carbocycles. The summed E-state index contributed by atoms with van der Waals surface area (Å²) in [6.07, 6.45) is 4.43. The van der Waals surface area contributed by atoms with Crippen LogP contribution in [0.1, 0.15) is 6.42 Å². The average molecular weight is 124 g/mol. The normalized spacial score (nSPS) is 17.0. The standard InChI is InChI=1S/C6H5FN2/c7-5-1-3-6(9-8)4-2-5/h1-3H,4H2. The molecule has 0 saturated heterocycles. The van der Waals surface area contributed by atoms with Crippen molar-refractivity contribution in [3.8, 4) is 0 Å². The highest BCUT2D eigenvalue weighted by atomic mass is 19.1. The highest BCUT2D eigenvalue weighted by Gasteiger charge is 2.05. The van der Waals surface area contributed by atoms with Crippen LogP contribution in [0, 0.1) is 0 Å². The van der Waals surface area contributed by atoms with Gasteiger partial charge in [-0.25, -0.2) is 4.39 Å². The first-order chi connectivity index (χ1) is 4.33. The first-order valence-electron chi connectivity index (χ1n) is 2.57. The van der Waals surface area contributed by atoms with Crippen molar-refractivity contribution in [2.75, 3.05) is 0 Å². The highest BCUT2D eigenvalue weighted by Crippen LogP contribution is 2.06. The van der Waals surface area contributed by atoms with Gasteiger partial charge in [0.05, 0.1) is 6.42 Å². The zero-order valence-electron chi connectivity index (χ0n) is 4.71. The lowest BCUT2D eigenvalue weighted by Crippen LogP contribution is -1.96. The summed E-state index contributed by atoms with van der Waals surface area (Å²) in [5, 5.41) is 0. The van der Waals surface area contributed by atoms with Crippen molar-refractivity contribution < 1.29 is 9.18 Å². The molecule has 0 aromatic rings. The SMILES string of the molecule is [N-]=[N+]=C1C=CC(F)=CC1. The predicted molar refractivity (Wildman–Crippen MR) is 31.6 cm³/mol. The fourth-order valence-electron chi connectivity index (χ4n) is 0.588. The van der Waals surface area contributed by atoms with Crippen LogP contribution in [-0.4, -0.2) is 10.5 Å². The van der Waals surface area contributed by atoms with Crippen LogP contribution in [0.4, 0.5) is 4.39 Å². The molecule has 46 valence electrons. The van der Waals surface area contributed by atoms with E-state index in [1.807, 2.05) is 0 Å². The molecule has 1 rings (SSSR count). The van der Waals surface area contributed by atoms with Gasteiger partial charge in [0.1, 0.15) is 5.83 Å². The molecule has 0 spiro atoms. The molecule has 0 aromatic heterocycles. The lowest BCUT2D eigenvalue weighted by atomic mass is 10.1. The minimum atomic E-state index is -0.276. The largest absolute Gasteiger partial charge is 0.361 e. The molecule has 9 heavy (non-hydrogen) atoms. The second-order valence-corrected chi connectivity index (χ2v) is 1.72. The van der Waals surface area contributed by atoms with Crippen molar-refractivity contribution in [3.63, 3.8) is 0 Å². The van der Waals surface area contributed by atoms with Gasteiger partial charge in [0.25, 0.3) is 5.71 Å². The van der Waals surface area contributed by atoms with E-state index in [0.29, 0.717) is 12.1 Å². The van der Waals surface area contributed by atoms with E-state index in [4.69, 9.17) is 5.53 Å². The molecule has 1 aliphatic rings. The Kier molecular flexibility index (Phi) is 1.56. The first kappa shape index (κ1) is 5.92. The van der Waals surface area contributed by atoms with E-state index in [0.717, 1.165) is 0 Å². The van der Waals surface area contributed by atoms with Crippen molar-refractivity contribution in [2.24, 2.45) is 0 Å². The Balaban J connectivity index is 2.81. The topological polar surface area (TPSA) is 36.4 Å². The molecule has 0 heterocycles. The zero-order chi connectivity index (χ0) is 6.69. The number of nitrogens with zero attached hydrogens (tertiary/aromatic N) is 2. The molecule has 0 aromatic carbocycles. The Morgan fingerprint density at radius 1 is 1.56 bits per heavy atom. The zero-order valence-corrected chi connectivity index (χ0v) is 4.71. The Morgan fingerprint density at radius 2 is 2.33 bits per heavy atom. The van der Waals surface area contributed by atoms with Crippen molar-refractivity contribution in [2.45, 2.75) is 6.42 Å². The highest BCUT2D eigenvalue weighted by molar-refractivity contribution is 5.92. The van der Waals surface area contributed by atoms with Crippen LogP contribution in [0.25, 0.3) is 5.53 Å². The molecule has 1 aliphatic carbocycles. The smallest absolute Gasteiger partial charge is 0.295 e. The van der Waals surface area contributed by atoms with E-state index >= 15 is 0 Å². The summed E-state index contributed by atoms with van der Waals surface area (Å²) >= 11 is 0. The van der Waals surface area contributed by atoms with Gasteiger partial charge in [0.15, 0.2) is 0 Å². The second-order valence-electron chi connectivity index (χ2n) is 1.72. The lowest BCUT2D eigenvalue weighted by Gasteiger charge is -1.90. The summed E-state index contributed by atoms with van der Waals surface area (Å²) in [6.45, 7) is 0. The fourth-order valence-corrected chi connectivity index (χ4v) is 0.588. The molecule has 0 bridgehead atoms. The van der Waals surface area contributed by atoms with E-state index in [2.05, 4.69) is 4.79 Å². The first-order valence-corrected chi connectivity index (χ1v) is 2.57. The average Bonchev–Trinajstić information content (AvgIpc) is 1.90. The maximum absolute atomic E-state index is 12.1. The monoisotopic (exact) mass is 124 g/mol. The summed E-state index contributed by atoms with van der Waals surface area (Å²) < 4.78 is 12.1. The number of hydrogen-bond donors (Lipinski definition) is 0. The molecule has 0 amide bonds. The lowest BCUT2D eigenvalue weighted by molar-refractivity contribution is -0.00546. The molecule has 0 atom stereocenters. The molecular weight excluding hydrogens is 119 g/mol. The van der Waals surface area contributed by atoms with Crippen molar-refractivity contribution in [1.29, 1.82) is 0 Å². The minimum absolute atomic E-state index is 0.276. The quantitative estimate of drug-likeness (QED) is 0.346. The van der Waals surface area contributed by atoms with Gasteiger partial charge < -0.3 is 5.53 Å². The molecular formula is C6H5FN2. The third-order valence-corrected chi connectivity index (χ3v) is 1.07. The van der Waals surface area contributed by atoms with E-state index in [-0.39, 0.29) is 5.83 Å². The van der Waals surface area contributed by atoms with Gasteiger partial charge in [-0.05, 0) is 12.2 Å². The Hall–Kier alpha value is -1.21. The maximum Gasteiger partial charge on any atom is 0.295 e. The molecule has 3 heteroatoms. The Morgan fingerprint density at radius 3 is 2.78 bits per heavy atom. The van der Waals surface area contributed by atoms with E-state index in [1.165, 1.54) is 18.2 Å². The van der Waals surface area contributed by atoms with Crippen molar-refractivity contribution in [3.05, 3.63) is 29.6 Å². The van der Waals surface area contributed by atoms with Gasteiger partial charge in [0, 0.05) is 6.08 Å². The van der Waals surface area contributed by atoms with Crippen molar-refractivity contribution >= 4 is 5.71 Å². The van der Waals surface area contributed by atoms with E-state index in [1.54, 1.807) is 0 Å². The number of allylic oxidation sites excluding steroid dienone is 4. The number of halogens is 1. The van der Waals surface area contributed by atoms with Gasteiger partial charge in [-0.2, -0.15) is 4.79 Å². The molecule has 0 aliphatic heterocycles. The van der Waals surface area contributed by atoms with Crippen LogP contribution in [0.5, 0.6) is 0 Å². The maximum atomic E-state index is 12.1. The number of hydrogen-bond acceptors (Lipinski definition) is 0. The second kappa shape index (κ2) is 2.37. The van der Waals surface area contributed by atoms with Crippen LogP contribution in [0.15, 0.2) is 24.1 Å². The van der Waals surface area contributed by atoms with E-state index in [9.17, 15) is 4.39 Å². The van der Waals surface area contributed by atoms with E-state index < -0.39 is 0 Å². The summed E-state index contributed by atoms with van der Waals surface area (Å²) in [5.41, 5.74) is 8.65. The summed E-state index contributed by atoms with van der Waals surface area (Å²) in [7, 11) is 0. The van der Waals surface area contributed by atoms with Crippen LogP contribution < -0.4 is 0 Å². The summed E-state index contributed by atoms with van der Waals surface area (Å²) in [4.78, 5) is 2.90. The molecule has 0 fully saturated rings. The molecule has 0 radical (unpaired) electrons. The van der Waals surface area contributed by atoms with Crippen molar-refractivity contribution in [1.82, 2.24) is 0 Å². The van der Waals surface area contributed by atoms with Gasteiger partial charge in [-0.3, -0.25) is 0 Å². The summed E-state index contributed by atoms with van der Waals surface area (Å²) in [6, 6.07) is 0. The number of rotatable bonds is 0. The molecule has 0 N–H and O–H groups in total. The van der Waals surface area contributed by atoms with Crippen LogP contribution in [-0.2, 0) is 0 Å². The minimum Gasteiger partial charge on any atom is -0.361 e.